The van der Waals surface area contributed by atoms with Gasteiger partial charge >= 0.3 is 0 Å². The van der Waals surface area contributed by atoms with Gasteiger partial charge in [-0.05, 0) is 26.0 Å². The van der Waals surface area contributed by atoms with Crippen molar-refractivity contribution in [2.45, 2.75) is 18.2 Å². The summed E-state index contributed by atoms with van der Waals surface area (Å²) in [5, 5.41) is 14.2. The van der Waals surface area contributed by atoms with Crippen LogP contribution in [-0.2, 0) is 10.0 Å². The van der Waals surface area contributed by atoms with Crippen molar-refractivity contribution in [1.82, 2.24) is 10.0 Å². The first-order valence-corrected chi connectivity index (χ1v) is 8.50. The highest BCUT2D eigenvalue weighted by molar-refractivity contribution is 7.89. The van der Waals surface area contributed by atoms with E-state index in [4.69, 9.17) is 11.6 Å². The molecule has 1 aromatic rings. The smallest absolute Gasteiger partial charge is 0.275 e. The van der Waals surface area contributed by atoms with Crippen molar-refractivity contribution in [3.05, 3.63) is 44.5 Å². The number of nitrogens with zero attached hydrogens (tertiary/aromatic N) is 1. The third-order valence-electron chi connectivity index (χ3n) is 3.44. The van der Waals surface area contributed by atoms with Crippen LogP contribution >= 0.6 is 24.0 Å². The number of rotatable bonds is 5. The standard InChI is InChI=1S/C13H16ClN3O4S.ClH/c1-9-12(14)6-11(7-13(9)17(18)19)22(20,21)16-8-10-2-4-15-5-3-10;/h2,6-7,15-16H,3-5,8H2,1H3;1H. The lowest BCUT2D eigenvalue weighted by molar-refractivity contribution is -0.385. The third-order valence-corrected chi connectivity index (χ3v) is 5.22. The van der Waals surface area contributed by atoms with Crippen LogP contribution in [0.25, 0.3) is 0 Å². The van der Waals surface area contributed by atoms with Gasteiger partial charge < -0.3 is 5.32 Å². The highest BCUT2D eigenvalue weighted by atomic mass is 35.5. The van der Waals surface area contributed by atoms with Crippen LogP contribution in [-0.4, -0.2) is 33.0 Å². The summed E-state index contributed by atoms with van der Waals surface area (Å²) in [5.74, 6) is 0. The van der Waals surface area contributed by atoms with Crippen LogP contribution < -0.4 is 10.0 Å². The second-order valence-corrected chi connectivity index (χ2v) is 7.12. The first-order chi connectivity index (χ1) is 10.3. The number of halogens is 2. The van der Waals surface area contributed by atoms with Crippen molar-refractivity contribution in [2.24, 2.45) is 0 Å². The minimum atomic E-state index is -3.86. The predicted octanol–water partition coefficient (Wildman–Crippen LogP) is 2.18. The van der Waals surface area contributed by atoms with E-state index in [9.17, 15) is 18.5 Å². The molecule has 0 spiro atoms. The van der Waals surface area contributed by atoms with E-state index in [1.54, 1.807) is 0 Å². The van der Waals surface area contributed by atoms with Crippen molar-refractivity contribution < 1.29 is 13.3 Å². The first kappa shape index (κ1) is 19.9. The highest BCUT2D eigenvalue weighted by Crippen LogP contribution is 2.29. The fourth-order valence-electron chi connectivity index (χ4n) is 2.09. The lowest BCUT2D eigenvalue weighted by Gasteiger charge is -2.15. The Bertz CT molecular complexity index is 735. The van der Waals surface area contributed by atoms with Gasteiger partial charge in [-0.15, -0.1) is 12.4 Å². The van der Waals surface area contributed by atoms with Crippen molar-refractivity contribution in [1.29, 1.82) is 0 Å². The Labute approximate surface area is 145 Å². The Morgan fingerprint density at radius 1 is 1.43 bits per heavy atom. The molecule has 0 bridgehead atoms. The average molecular weight is 382 g/mol. The van der Waals surface area contributed by atoms with Crippen LogP contribution in [0, 0.1) is 17.0 Å². The van der Waals surface area contributed by atoms with Gasteiger partial charge in [0.15, 0.2) is 0 Å². The summed E-state index contributed by atoms with van der Waals surface area (Å²) in [6.07, 6.45) is 2.69. The van der Waals surface area contributed by atoms with Gasteiger partial charge in [0.1, 0.15) is 0 Å². The predicted molar refractivity (Wildman–Crippen MR) is 90.8 cm³/mol. The number of hydrogen-bond donors (Lipinski definition) is 2. The minimum absolute atomic E-state index is 0. The molecule has 0 radical (unpaired) electrons. The number of nitrogens with one attached hydrogen (secondary N) is 2. The van der Waals surface area contributed by atoms with E-state index in [0.717, 1.165) is 24.6 Å². The molecule has 1 aromatic carbocycles. The molecule has 0 saturated heterocycles. The zero-order valence-corrected chi connectivity index (χ0v) is 14.7. The summed E-state index contributed by atoms with van der Waals surface area (Å²) in [6.45, 7) is 3.17. The van der Waals surface area contributed by atoms with E-state index in [-0.39, 0.29) is 40.1 Å². The highest BCUT2D eigenvalue weighted by Gasteiger charge is 2.22. The molecular weight excluding hydrogens is 365 g/mol. The number of sulfonamides is 1. The van der Waals surface area contributed by atoms with Gasteiger partial charge in [-0.25, -0.2) is 13.1 Å². The number of benzene rings is 1. The minimum Gasteiger partial charge on any atom is -0.313 e. The molecule has 0 unspecified atom stereocenters. The SMILES string of the molecule is Cc1c(Cl)cc(S(=O)(=O)NCC2=CCNCC2)cc1[N+](=O)[O-].Cl. The van der Waals surface area contributed by atoms with Gasteiger partial charge in [-0.1, -0.05) is 23.3 Å². The normalized spacial score (nSPS) is 14.8. The lowest BCUT2D eigenvalue weighted by atomic mass is 10.1. The van der Waals surface area contributed by atoms with Crippen LogP contribution in [0.3, 0.4) is 0 Å². The summed E-state index contributed by atoms with van der Waals surface area (Å²) in [5.41, 5.74) is 0.913. The molecule has 0 atom stereocenters. The molecule has 2 rings (SSSR count). The van der Waals surface area contributed by atoms with E-state index in [1.807, 2.05) is 6.08 Å². The first-order valence-electron chi connectivity index (χ1n) is 6.64. The fraction of sp³-hybridized carbons (Fsp3) is 0.385. The number of nitro benzene ring substituents is 1. The van der Waals surface area contributed by atoms with Crippen molar-refractivity contribution in [3.8, 4) is 0 Å². The van der Waals surface area contributed by atoms with Crippen molar-refractivity contribution in [3.63, 3.8) is 0 Å². The molecule has 0 aromatic heterocycles. The molecule has 0 aliphatic carbocycles. The maximum absolute atomic E-state index is 12.3. The summed E-state index contributed by atoms with van der Waals surface area (Å²) < 4.78 is 27.0. The van der Waals surface area contributed by atoms with Crippen LogP contribution in [0.4, 0.5) is 5.69 Å². The molecule has 128 valence electrons. The molecular formula is C13H17Cl2N3O4S. The maximum Gasteiger partial charge on any atom is 0.275 e. The zero-order chi connectivity index (χ0) is 16.3. The van der Waals surface area contributed by atoms with Crippen LogP contribution in [0.5, 0.6) is 0 Å². The third kappa shape index (κ3) is 4.89. The second-order valence-electron chi connectivity index (χ2n) is 4.95. The summed E-state index contributed by atoms with van der Waals surface area (Å²) in [4.78, 5) is 10.1. The number of nitro groups is 1. The average Bonchev–Trinajstić information content (AvgIpc) is 2.48. The summed E-state index contributed by atoms with van der Waals surface area (Å²) >= 11 is 5.90. The molecule has 0 amide bonds. The second kappa shape index (κ2) is 8.07. The topological polar surface area (TPSA) is 101 Å². The molecule has 1 aliphatic rings. The Kier molecular flexibility index (Phi) is 6.97. The van der Waals surface area contributed by atoms with Gasteiger partial charge in [0, 0.05) is 24.7 Å². The Morgan fingerprint density at radius 3 is 2.70 bits per heavy atom. The molecule has 1 heterocycles. The molecule has 7 nitrogen and oxygen atoms in total. The monoisotopic (exact) mass is 381 g/mol. The van der Waals surface area contributed by atoms with Crippen molar-refractivity contribution >= 4 is 39.7 Å². The molecule has 23 heavy (non-hydrogen) atoms. The van der Waals surface area contributed by atoms with Crippen LogP contribution in [0.15, 0.2) is 28.7 Å². The Morgan fingerprint density at radius 2 is 2.13 bits per heavy atom. The molecule has 0 saturated carbocycles. The summed E-state index contributed by atoms with van der Waals surface area (Å²) in [7, 11) is -3.86. The van der Waals surface area contributed by atoms with E-state index in [0.29, 0.717) is 6.54 Å². The van der Waals surface area contributed by atoms with E-state index >= 15 is 0 Å². The van der Waals surface area contributed by atoms with Crippen LogP contribution in [0.2, 0.25) is 5.02 Å². The maximum atomic E-state index is 12.3. The Balaban J connectivity index is 0.00000264. The lowest BCUT2D eigenvalue weighted by Crippen LogP contribution is -2.29. The summed E-state index contributed by atoms with van der Waals surface area (Å²) in [6, 6.07) is 2.25. The van der Waals surface area contributed by atoms with E-state index in [2.05, 4.69) is 10.0 Å². The van der Waals surface area contributed by atoms with E-state index < -0.39 is 14.9 Å². The largest absolute Gasteiger partial charge is 0.313 e. The van der Waals surface area contributed by atoms with Gasteiger partial charge in [-0.3, -0.25) is 10.1 Å². The fourth-order valence-corrected chi connectivity index (χ4v) is 3.45. The number of hydrogen-bond acceptors (Lipinski definition) is 5. The van der Waals surface area contributed by atoms with Gasteiger partial charge in [0.2, 0.25) is 10.0 Å². The van der Waals surface area contributed by atoms with Crippen LogP contribution in [0.1, 0.15) is 12.0 Å². The molecule has 10 heteroatoms. The zero-order valence-electron chi connectivity index (χ0n) is 12.3. The van der Waals surface area contributed by atoms with Gasteiger partial charge in [-0.2, -0.15) is 0 Å². The van der Waals surface area contributed by atoms with E-state index in [1.165, 1.54) is 13.0 Å². The molecule has 1 aliphatic heterocycles. The quantitative estimate of drug-likeness (QED) is 0.462. The van der Waals surface area contributed by atoms with Gasteiger partial charge in [0.05, 0.1) is 14.8 Å². The van der Waals surface area contributed by atoms with Gasteiger partial charge in [0.25, 0.3) is 5.69 Å². The Hall–Kier alpha value is -1.19. The molecule has 2 N–H and O–H groups in total. The van der Waals surface area contributed by atoms with Crippen molar-refractivity contribution in [2.75, 3.05) is 19.6 Å². The molecule has 0 fully saturated rings.